The maximum Gasteiger partial charge on any atom is 0.305 e. The number of methoxy groups -OCH3 is 1. The molecule has 3 heteroatoms. The molecular formula is C12H23BrO2. The monoisotopic (exact) mass is 278 g/mol. The van der Waals surface area contributed by atoms with Crippen molar-refractivity contribution >= 4 is 21.9 Å². The molecule has 0 aromatic heterocycles. The summed E-state index contributed by atoms with van der Waals surface area (Å²) in [4.78, 5) is 11.4. The van der Waals surface area contributed by atoms with Crippen LogP contribution in [0, 0.1) is 0 Å². The smallest absolute Gasteiger partial charge is 0.305 e. The largest absolute Gasteiger partial charge is 0.469 e. The first-order valence-corrected chi connectivity index (χ1v) is 6.79. The number of alkyl halides is 1. The Kier molecular flexibility index (Phi) is 10.4. The maximum atomic E-state index is 10.8. The van der Waals surface area contributed by atoms with Gasteiger partial charge in [-0.05, 0) is 12.8 Å². The lowest BCUT2D eigenvalue weighted by atomic mass is 10.1. The standard InChI is InChI=1S/C12H23BrO2/c1-11(13)9-7-5-3-4-6-8-10-12(14)15-2/h11H,3-10H2,1-2H3. The number of rotatable bonds is 9. The van der Waals surface area contributed by atoms with E-state index >= 15 is 0 Å². The van der Waals surface area contributed by atoms with Crippen molar-refractivity contribution in [3.05, 3.63) is 0 Å². The second kappa shape index (κ2) is 10.5. The summed E-state index contributed by atoms with van der Waals surface area (Å²) >= 11 is 3.54. The van der Waals surface area contributed by atoms with Crippen molar-refractivity contribution in [1.29, 1.82) is 0 Å². The van der Waals surface area contributed by atoms with Gasteiger partial charge in [-0.3, -0.25) is 4.79 Å². The highest BCUT2D eigenvalue weighted by Crippen LogP contribution is 2.12. The van der Waals surface area contributed by atoms with Crippen LogP contribution in [0.3, 0.4) is 0 Å². The predicted molar refractivity (Wildman–Crippen MR) is 67.3 cm³/mol. The molecule has 0 aromatic rings. The van der Waals surface area contributed by atoms with Gasteiger partial charge in [-0.2, -0.15) is 0 Å². The molecule has 90 valence electrons. The number of halogens is 1. The lowest BCUT2D eigenvalue weighted by molar-refractivity contribution is -0.140. The Morgan fingerprint density at radius 3 is 2.20 bits per heavy atom. The van der Waals surface area contributed by atoms with E-state index in [2.05, 4.69) is 27.6 Å². The van der Waals surface area contributed by atoms with Crippen molar-refractivity contribution in [2.24, 2.45) is 0 Å². The van der Waals surface area contributed by atoms with Crippen LogP contribution in [-0.2, 0) is 9.53 Å². The number of ether oxygens (including phenoxy) is 1. The van der Waals surface area contributed by atoms with Crippen LogP contribution >= 0.6 is 15.9 Å². The molecule has 0 bridgehead atoms. The number of carbonyl (C=O) groups excluding carboxylic acids is 1. The van der Waals surface area contributed by atoms with Crippen LogP contribution in [0.2, 0.25) is 0 Å². The molecule has 0 saturated heterocycles. The molecule has 0 spiro atoms. The highest BCUT2D eigenvalue weighted by Gasteiger charge is 1.99. The van der Waals surface area contributed by atoms with E-state index in [9.17, 15) is 4.79 Å². The van der Waals surface area contributed by atoms with Crippen LogP contribution in [0.15, 0.2) is 0 Å². The fourth-order valence-electron chi connectivity index (χ4n) is 1.50. The minimum atomic E-state index is -0.0805. The lowest BCUT2D eigenvalue weighted by Crippen LogP contribution is -1.99. The van der Waals surface area contributed by atoms with E-state index in [1.165, 1.54) is 39.2 Å². The molecule has 0 rings (SSSR count). The summed E-state index contributed by atoms with van der Waals surface area (Å²) in [5.74, 6) is -0.0805. The molecule has 0 aromatic carbocycles. The molecule has 1 unspecified atom stereocenters. The van der Waals surface area contributed by atoms with Crippen LogP contribution in [0.1, 0.15) is 58.3 Å². The van der Waals surface area contributed by atoms with Crippen molar-refractivity contribution < 1.29 is 9.53 Å². The Morgan fingerprint density at radius 1 is 1.13 bits per heavy atom. The van der Waals surface area contributed by atoms with Crippen molar-refractivity contribution in [3.8, 4) is 0 Å². The van der Waals surface area contributed by atoms with Gasteiger partial charge in [0.25, 0.3) is 0 Å². The third kappa shape index (κ3) is 11.9. The molecule has 0 radical (unpaired) electrons. The Hall–Kier alpha value is -0.0500. The fourth-order valence-corrected chi connectivity index (χ4v) is 1.83. The average molecular weight is 279 g/mol. The average Bonchev–Trinajstić information content (AvgIpc) is 2.21. The van der Waals surface area contributed by atoms with Crippen LogP contribution in [0.4, 0.5) is 0 Å². The van der Waals surface area contributed by atoms with Crippen LogP contribution < -0.4 is 0 Å². The number of esters is 1. The lowest BCUT2D eigenvalue weighted by Gasteiger charge is -2.03. The Morgan fingerprint density at radius 2 is 1.67 bits per heavy atom. The van der Waals surface area contributed by atoms with Gasteiger partial charge in [0.1, 0.15) is 0 Å². The number of unbranched alkanes of at least 4 members (excludes halogenated alkanes) is 5. The van der Waals surface area contributed by atoms with Gasteiger partial charge in [-0.1, -0.05) is 55.0 Å². The quantitative estimate of drug-likeness (QED) is 0.361. The minimum absolute atomic E-state index is 0.0805. The SMILES string of the molecule is COC(=O)CCCCCCCCC(C)Br. The Labute approximate surface area is 102 Å². The number of carbonyl (C=O) groups is 1. The molecule has 1 atom stereocenters. The van der Waals surface area contributed by atoms with E-state index in [-0.39, 0.29) is 5.97 Å². The van der Waals surface area contributed by atoms with Crippen LogP contribution in [0.25, 0.3) is 0 Å². The van der Waals surface area contributed by atoms with E-state index in [4.69, 9.17) is 0 Å². The summed E-state index contributed by atoms with van der Waals surface area (Å²) in [6.45, 7) is 2.19. The zero-order chi connectivity index (χ0) is 11.5. The van der Waals surface area contributed by atoms with Gasteiger partial charge in [0.15, 0.2) is 0 Å². The number of hydrogen-bond acceptors (Lipinski definition) is 2. The molecule has 0 fully saturated rings. The first-order valence-electron chi connectivity index (χ1n) is 5.87. The Balaban J connectivity index is 3.02. The van der Waals surface area contributed by atoms with Gasteiger partial charge in [-0.25, -0.2) is 0 Å². The summed E-state index contributed by atoms with van der Waals surface area (Å²) in [6.07, 6.45) is 9.13. The van der Waals surface area contributed by atoms with Crippen molar-refractivity contribution in [2.75, 3.05) is 7.11 Å². The predicted octanol–water partition coefficient (Wildman–Crippen LogP) is 4.06. The second-order valence-corrected chi connectivity index (χ2v) is 5.58. The summed E-state index contributed by atoms with van der Waals surface area (Å²) in [6, 6.07) is 0. The molecule has 0 amide bonds. The first-order chi connectivity index (χ1) is 7.16. The molecule has 0 aliphatic carbocycles. The third-order valence-corrected chi connectivity index (χ3v) is 2.92. The van der Waals surface area contributed by atoms with E-state index in [1.54, 1.807) is 0 Å². The van der Waals surface area contributed by atoms with E-state index in [0.717, 1.165) is 12.8 Å². The van der Waals surface area contributed by atoms with Gasteiger partial charge >= 0.3 is 5.97 Å². The van der Waals surface area contributed by atoms with Gasteiger partial charge in [0, 0.05) is 11.2 Å². The van der Waals surface area contributed by atoms with Crippen molar-refractivity contribution in [3.63, 3.8) is 0 Å². The highest BCUT2D eigenvalue weighted by molar-refractivity contribution is 9.09. The third-order valence-electron chi connectivity index (χ3n) is 2.46. The first kappa shape index (κ1) is 14.9. The van der Waals surface area contributed by atoms with E-state index < -0.39 is 0 Å². The van der Waals surface area contributed by atoms with Crippen LogP contribution in [0.5, 0.6) is 0 Å². The molecule has 0 aliphatic rings. The molecule has 15 heavy (non-hydrogen) atoms. The molecular weight excluding hydrogens is 256 g/mol. The second-order valence-electron chi connectivity index (χ2n) is 4.02. The molecule has 0 saturated carbocycles. The van der Waals surface area contributed by atoms with Crippen molar-refractivity contribution in [2.45, 2.75) is 63.1 Å². The van der Waals surface area contributed by atoms with Gasteiger partial charge in [-0.15, -0.1) is 0 Å². The Bertz CT molecular complexity index is 158. The molecule has 0 aliphatic heterocycles. The van der Waals surface area contributed by atoms with Gasteiger partial charge < -0.3 is 4.74 Å². The zero-order valence-corrected chi connectivity index (χ0v) is 11.5. The zero-order valence-electron chi connectivity index (χ0n) is 9.93. The maximum absolute atomic E-state index is 10.8. The molecule has 0 N–H and O–H groups in total. The van der Waals surface area contributed by atoms with Crippen molar-refractivity contribution in [1.82, 2.24) is 0 Å². The van der Waals surface area contributed by atoms with E-state index in [0.29, 0.717) is 11.2 Å². The summed E-state index contributed by atoms with van der Waals surface area (Å²) in [5, 5.41) is 0. The minimum Gasteiger partial charge on any atom is -0.469 e. The van der Waals surface area contributed by atoms with Crippen LogP contribution in [-0.4, -0.2) is 17.9 Å². The topological polar surface area (TPSA) is 26.3 Å². The van der Waals surface area contributed by atoms with Gasteiger partial charge in [0.05, 0.1) is 7.11 Å². The molecule has 0 heterocycles. The summed E-state index contributed by atoms with van der Waals surface area (Å²) in [7, 11) is 1.45. The normalized spacial score (nSPS) is 12.5. The number of hydrogen-bond donors (Lipinski definition) is 0. The fraction of sp³-hybridized carbons (Fsp3) is 0.917. The summed E-state index contributed by atoms with van der Waals surface area (Å²) in [5.41, 5.74) is 0. The van der Waals surface area contributed by atoms with Gasteiger partial charge in [0.2, 0.25) is 0 Å². The highest BCUT2D eigenvalue weighted by atomic mass is 79.9. The summed E-state index contributed by atoms with van der Waals surface area (Å²) < 4.78 is 4.58. The molecule has 2 nitrogen and oxygen atoms in total. The van der Waals surface area contributed by atoms with E-state index in [1.807, 2.05) is 0 Å².